The van der Waals surface area contributed by atoms with Gasteiger partial charge in [-0.2, -0.15) is 0 Å². The number of benzene rings is 2. The molecule has 0 atom stereocenters. The molecule has 22 heavy (non-hydrogen) atoms. The predicted octanol–water partition coefficient (Wildman–Crippen LogP) is 3.92. The fourth-order valence-corrected chi connectivity index (χ4v) is 2.41. The summed E-state index contributed by atoms with van der Waals surface area (Å²) >= 11 is 0. The largest absolute Gasteiger partial charge is 0.481 e. The predicted molar refractivity (Wildman–Crippen MR) is 85.6 cm³/mol. The highest BCUT2D eigenvalue weighted by Crippen LogP contribution is 2.24. The van der Waals surface area contributed by atoms with Gasteiger partial charge in [0.15, 0.2) is 0 Å². The maximum atomic E-state index is 13.9. The van der Waals surface area contributed by atoms with E-state index in [1.807, 2.05) is 36.9 Å². The van der Waals surface area contributed by atoms with E-state index < -0.39 is 5.97 Å². The molecule has 0 spiro atoms. The van der Waals surface area contributed by atoms with Crippen LogP contribution in [0.4, 0.5) is 10.1 Å². The van der Waals surface area contributed by atoms with Crippen molar-refractivity contribution in [3.8, 4) is 0 Å². The maximum absolute atomic E-state index is 13.9. The summed E-state index contributed by atoms with van der Waals surface area (Å²) in [6.45, 7) is 4.66. The minimum absolute atomic E-state index is 0.0157. The van der Waals surface area contributed by atoms with E-state index in [-0.39, 0.29) is 12.2 Å². The number of nitrogens with zero attached hydrogens (tertiary/aromatic N) is 1. The summed E-state index contributed by atoms with van der Waals surface area (Å²) in [6, 6.07) is 12.6. The van der Waals surface area contributed by atoms with Crippen LogP contribution < -0.4 is 4.90 Å². The zero-order chi connectivity index (χ0) is 16.1. The Kier molecular flexibility index (Phi) is 5.15. The van der Waals surface area contributed by atoms with Crippen LogP contribution in [0.25, 0.3) is 0 Å². The molecule has 0 aliphatic carbocycles. The van der Waals surface area contributed by atoms with Gasteiger partial charge in [0.2, 0.25) is 0 Å². The van der Waals surface area contributed by atoms with Crippen LogP contribution in [0.1, 0.15) is 23.1 Å². The number of aliphatic carboxylic acids is 1. The van der Waals surface area contributed by atoms with Crippen molar-refractivity contribution in [2.75, 3.05) is 11.4 Å². The molecule has 1 N–H and O–H groups in total. The highest BCUT2D eigenvalue weighted by molar-refractivity contribution is 5.68. The molecular formula is C18H20FNO2. The van der Waals surface area contributed by atoms with E-state index in [1.165, 1.54) is 6.07 Å². The van der Waals surface area contributed by atoms with Gasteiger partial charge in [-0.1, -0.05) is 30.3 Å². The van der Waals surface area contributed by atoms with Gasteiger partial charge in [-0.3, -0.25) is 4.79 Å². The molecule has 0 heterocycles. The van der Waals surface area contributed by atoms with E-state index in [0.29, 0.717) is 18.7 Å². The van der Waals surface area contributed by atoms with Crippen LogP contribution in [0, 0.1) is 19.7 Å². The lowest BCUT2D eigenvalue weighted by molar-refractivity contribution is -0.136. The number of rotatable bonds is 6. The van der Waals surface area contributed by atoms with Crippen LogP contribution >= 0.6 is 0 Å². The van der Waals surface area contributed by atoms with Crippen molar-refractivity contribution in [2.45, 2.75) is 26.8 Å². The Bertz CT molecular complexity index is 670. The molecule has 0 fully saturated rings. The van der Waals surface area contributed by atoms with Crippen molar-refractivity contribution in [2.24, 2.45) is 0 Å². The van der Waals surface area contributed by atoms with Crippen molar-refractivity contribution < 1.29 is 14.3 Å². The monoisotopic (exact) mass is 301 g/mol. The van der Waals surface area contributed by atoms with Gasteiger partial charge in [0, 0.05) is 24.3 Å². The molecule has 3 nitrogen and oxygen atoms in total. The SMILES string of the molecule is Cc1ccc(C)c(N(CCC(=O)O)Cc2ccccc2F)c1. The van der Waals surface area contributed by atoms with Crippen molar-refractivity contribution in [3.63, 3.8) is 0 Å². The van der Waals surface area contributed by atoms with Gasteiger partial charge < -0.3 is 10.0 Å². The van der Waals surface area contributed by atoms with Crippen LogP contribution in [0.15, 0.2) is 42.5 Å². The summed E-state index contributed by atoms with van der Waals surface area (Å²) < 4.78 is 13.9. The van der Waals surface area contributed by atoms with Crippen molar-refractivity contribution in [1.29, 1.82) is 0 Å². The molecule has 116 valence electrons. The number of carboxylic acids is 1. The highest BCUT2D eigenvalue weighted by atomic mass is 19.1. The number of hydrogen-bond acceptors (Lipinski definition) is 2. The Balaban J connectivity index is 2.32. The number of aryl methyl sites for hydroxylation is 2. The molecule has 0 unspecified atom stereocenters. The van der Waals surface area contributed by atoms with Gasteiger partial charge >= 0.3 is 5.97 Å². The van der Waals surface area contributed by atoms with Crippen LogP contribution in [-0.2, 0) is 11.3 Å². The third-order valence-electron chi connectivity index (χ3n) is 3.62. The van der Waals surface area contributed by atoms with Crippen LogP contribution in [0.3, 0.4) is 0 Å². The third-order valence-corrected chi connectivity index (χ3v) is 3.62. The lowest BCUT2D eigenvalue weighted by atomic mass is 10.1. The summed E-state index contributed by atoms with van der Waals surface area (Å²) in [5.74, 6) is -1.13. The summed E-state index contributed by atoms with van der Waals surface area (Å²) in [5.41, 5.74) is 3.65. The smallest absolute Gasteiger partial charge is 0.305 e. The maximum Gasteiger partial charge on any atom is 0.305 e. The van der Waals surface area contributed by atoms with Crippen LogP contribution in [0.2, 0.25) is 0 Å². The van der Waals surface area contributed by atoms with E-state index in [4.69, 9.17) is 5.11 Å². The summed E-state index contributed by atoms with van der Waals surface area (Å²) in [4.78, 5) is 12.8. The topological polar surface area (TPSA) is 40.5 Å². The first kappa shape index (κ1) is 16.0. The minimum atomic E-state index is -0.858. The van der Waals surface area contributed by atoms with Gasteiger partial charge in [-0.15, -0.1) is 0 Å². The lowest BCUT2D eigenvalue weighted by Gasteiger charge is -2.26. The van der Waals surface area contributed by atoms with E-state index in [1.54, 1.807) is 18.2 Å². The lowest BCUT2D eigenvalue weighted by Crippen LogP contribution is -2.27. The Morgan fingerprint density at radius 2 is 1.91 bits per heavy atom. The number of carbonyl (C=O) groups is 1. The molecule has 0 saturated heterocycles. The van der Waals surface area contributed by atoms with Crippen LogP contribution in [0.5, 0.6) is 0 Å². The molecule has 0 aliphatic rings. The first-order chi connectivity index (χ1) is 10.5. The molecule has 2 rings (SSSR count). The Morgan fingerprint density at radius 1 is 1.18 bits per heavy atom. The molecule has 0 radical (unpaired) electrons. The molecule has 0 bridgehead atoms. The average Bonchev–Trinajstić information content (AvgIpc) is 2.48. The zero-order valence-electron chi connectivity index (χ0n) is 12.8. The molecule has 0 aliphatic heterocycles. The Hall–Kier alpha value is -2.36. The fraction of sp³-hybridized carbons (Fsp3) is 0.278. The minimum Gasteiger partial charge on any atom is -0.481 e. The van der Waals surface area contributed by atoms with Gasteiger partial charge in [-0.25, -0.2) is 4.39 Å². The van der Waals surface area contributed by atoms with Crippen molar-refractivity contribution in [3.05, 3.63) is 65.0 Å². The average molecular weight is 301 g/mol. The van der Waals surface area contributed by atoms with E-state index in [9.17, 15) is 9.18 Å². The van der Waals surface area contributed by atoms with Crippen LogP contribution in [-0.4, -0.2) is 17.6 Å². The molecular weight excluding hydrogens is 281 g/mol. The fourth-order valence-electron chi connectivity index (χ4n) is 2.41. The van der Waals surface area contributed by atoms with Gasteiger partial charge in [0.1, 0.15) is 5.82 Å². The molecule has 4 heteroatoms. The van der Waals surface area contributed by atoms with E-state index in [2.05, 4.69) is 0 Å². The van der Waals surface area contributed by atoms with E-state index >= 15 is 0 Å². The standard InChI is InChI=1S/C18H20FNO2/c1-13-7-8-14(2)17(11-13)20(10-9-18(21)22)12-15-5-3-4-6-16(15)19/h3-8,11H,9-10,12H2,1-2H3,(H,21,22). The third kappa shape index (κ3) is 4.07. The second-order valence-electron chi connectivity index (χ2n) is 5.45. The summed E-state index contributed by atoms with van der Waals surface area (Å²) in [7, 11) is 0. The molecule has 2 aromatic rings. The first-order valence-electron chi connectivity index (χ1n) is 7.25. The normalized spacial score (nSPS) is 10.5. The molecule has 2 aromatic carbocycles. The van der Waals surface area contributed by atoms with E-state index in [0.717, 1.165) is 16.8 Å². The second kappa shape index (κ2) is 7.07. The van der Waals surface area contributed by atoms with Crippen molar-refractivity contribution in [1.82, 2.24) is 0 Å². The molecule has 0 saturated carbocycles. The number of hydrogen-bond donors (Lipinski definition) is 1. The molecule has 0 amide bonds. The number of halogens is 1. The second-order valence-corrected chi connectivity index (χ2v) is 5.45. The van der Waals surface area contributed by atoms with Gasteiger partial charge in [0.05, 0.1) is 6.42 Å². The zero-order valence-corrected chi connectivity index (χ0v) is 12.8. The number of anilines is 1. The Morgan fingerprint density at radius 3 is 2.59 bits per heavy atom. The van der Waals surface area contributed by atoms with Crippen molar-refractivity contribution >= 4 is 11.7 Å². The summed E-state index contributed by atoms with van der Waals surface area (Å²) in [6.07, 6.45) is 0.0157. The molecule has 0 aromatic heterocycles. The highest BCUT2D eigenvalue weighted by Gasteiger charge is 2.14. The van der Waals surface area contributed by atoms with Gasteiger partial charge in [0.25, 0.3) is 0 Å². The summed E-state index contributed by atoms with van der Waals surface area (Å²) in [5, 5.41) is 8.95. The Labute approximate surface area is 130 Å². The first-order valence-corrected chi connectivity index (χ1v) is 7.25. The number of carboxylic acid groups (broad SMARTS) is 1. The van der Waals surface area contributed by atoms with Gasteiger partial charge in [-0.05, 0) is 37.1 Å². The quantitative estimate of drug-likeness (QED) is 0.879.